The summed E-state index contributed by atoms with van der Waals surface area (Å²) in [4.78, 5) is 40.1. The summed E-state index contributed by atoms with van der Waals surface area (Å²) in [6.07, 6.45) is -1.21. The number of aromatic amines is 1. The van der Waals surface area contributed by atoms with Crippen molar-refractivity contribution in [1.29, 1.82) is 0 Å². The predicted octanol–water partition coefficient (Wildman–Crippen LogP) is 1.78. The molecule has 4 unspecified atom stereocenters. The van der Waals surface area contributed by atoms with Crippen LogP contribution in [0.4, 0.5) is 4.79 Å². The summed E-state index contributed by atoms with van der Waals surface area (Å²) in [5.74, 6) is 0. The van der Waals surface area contributed by atoms with Crippen LogP contribution in [0.2, 0.25) is 0 Å². The van der Waals surface area contributed by atoms with Crippen LogP contribution >= 0.6 is 7.60 Å². The van der Waals surface area contributed by atoms with Gasteiger partial charge in [0, 0.05) is 30.2 Å². The monoisotopic (exact) mass is 403 g/mol. The third-order valence-corrected chi connectivity index (χ3v) is 5.22. The summed E-state index contributed by atoms with van der Waals surface area (Å²) in [7, 11) is -3.39. The van der Waals surface area contributed by atoms with Crippen molar-refractivity contribution < 1.29 is 27.9 Å². The summed E-state index contributed by atoms with van der Waals surface area (Å²) < 4.78 is 33.6. The summed E-state index contributed by atoms with van der Waals surface area (Å²) in [6.45, 7) is 2.94. The Hall–Kier alpha value is -2.43. The van der Waals surface area contributed by atoms with E-state index in [0.29, 0.717) is 0 Å². The molecule has 2 heterocycles. The van der Waals surface area contributed by atoms with E-state index in [1.165, 1.54) is 20.0 Å². The topological polar surface area (TPSA) is 175 Å². The third-order valence-electron chi connectivity index (χ3n) is 3.68. The maximum absolute atomic E-state index is 12.5. The zero-order chi connectivity index (χ0) is 20.2. The van der Waals surface area contributed by atoms with E-state index in [9.17, 15) is 18.9 Å². The third kappa shape index (κ3) is 4.46. The molecule has 0 radical (unpaired) electrons. The Labute approximate surface area is 152 Å². The second-order valence-corrected chi connectivity index (χ2v) is 7.37. The molecule has 1 aliphatic rings. The van der Waals surface area contributed by atoms with E-state index in [1.807, 2.05) is 0 Å². The molecule has 0 bridgehead atoms. The first kappa shape index (κ1) is 20.9. The van der Waals surface area contributed by atoms with E-state index in [4.69, 9.17) is 14.8 Å². The van der Waals surface area contributed by atoms with Crippen LogP contribution in [-0.4, -0.2) is 41.3 Å². The number of ether oxygens (including phenoxy) is 2. The Morgan fingerprint density at radius 2 is 2.26 bits per heavy atom. The largest absolute Gasteiger partial charge is 0.457 e. The van der Waals surface area contributed by atoms with Crippen LogP contribution in [0.15, 0.2) is 20.9 Å². The van der Waals surface area contributed by atoms with Crippen LogP contribution in [0, 0.1) is 6.92 Å². The highest BCUT2D eigenvalue weighted by Crippen LogP contribution is 2.52. The van der Waals surface area contributed by atoms with Gasteiger partial charge < -0.3 is 14.0 Å². The standard InChI is InChI=1S/C13H18N5O8P/c1-4-24-13(21)27(22,23-3)26-11-8(16-17-14)5-9(25-11)18-6-7(2)10(19)15-12(18)20/h6,8-9,11H,4-5H2,1-3H3,(H,15,19,20). The number of aryl methyl sites for hydroxylation is 1. The van der Waals surface area contributed by atoms with E-state index < -0.39 is 43.1 Å². The van der Waals surface area contributed by atoms with Crippen LogP contribution in [-0.2, 0) is 23.1 Å². The Balaban J connectivity index is 2.32. The minimum atomic E-state index is -4.38. The lowest BCUT2D eigenvalue weighted by Crippen LogP contribution is -2.33. The van der Waals surface area contributed by atoms with Gasteiger partial charge in [0.2, 0.25) is 0 Å². The number of nitrogens with one attached hydrogen (secondary N) is 1. The number of nitrogens with zero attached hydrogens (tertiary/aromatic N) is 4. The smallest absolute Gasteiger partial charge is 0.440 e. The van der Waals surface area contributed by atoms with Gasteiger partial charge in [-0.3, -0.25) is 18.9 Å². The van der Waals surface area contributed by atoms with Gasteiger partial charge in [-0.2, -0.15) is 0 Å². The summed E-state index contributed by atoms with van der Waals surface area (Å²) >= 11 is 0. The molecule has 0 aromatic carbocycles. The Morgan fingerprint density at radius 1 is 1.56 bits per heavy atom. The van der Waals surface area contributed by atoms with Gasteiger partial charge in [-0.25, -0.2) is 14.2 Å². The van der Waals surface area contributed by atoms with Crippen molar-refractivity contribution in [2.24, 2.45) is 5.11 Å². The molecule has 148 valence electrons. The average Bonchev–Trinajstić information content (AvgIpc) is 3.00. The van der Waals surface area contributed by atoms with Crippen LogP contribution in [0.25, 0.3) is 10.4 Å². The first-order valence-corrected chi connectivity index (χ1v) is 9.33. The maximum Gasteiger partial charge on any atom is 0.440 e. The van der Waals surface area contributed by atoms with E-state index in [-0.39, 0.29) is 18.6 Å². The van der Waals surface area contributed by atoms with Crippen LogP contribution in [0.5, 0.6) is 0 Å². The molecule has 1 aromatic heterocycles. The molecule has 0 saturated carbocycles. The zero-order valence-electron chi connectivity index (χ0n) is 14.7. The summed E-state index contributed by atoms with van der Waals surface area (Å²) in [5, 5.41) is 3.49. The SMILES string of the molecule is CCOC(=O)P(=O)(OC)OC1OC(n2cc(C)c(=O)[nH]c2=O)CC1N=[N+]=[N-]. The number of H-pyrrole nitrogens is 1. The summed E-state index contributed by atoms with van der Waals surface area (Å²) in [5.41, 5.74) is 6.44. The van der Waals surface area contributed by atoms with Crippen molar-refractivity contribution in [3.05, 3.63) is 43.0 Å². The average molecular weight is 403 g/mol. The first-order valence-electron chi connectivity index (χ1n) is 7.79. The lowest BCUT2D eigenvalue weighted by atomic mass is 10.2. The minimum absolute atomic E-state index is 0.0351. The van der Waals surface area contributed by atoms with Gasteiger partial charge in [0.05, 0.1) is 12.6 Å². The molecule has 2 rings (SSSR count). The maximum atomic E-state index is 12.5. The van der Waals surface area contributed by atoms with Crippen molar-refractivity contribution in [1.82, 2.24) is 9.55 Å². The van der Waals surface area contributed by atoms with Crippen LogP contribution in [0.1, 0.15) is 25.1 Å². The molecular formula is C13H18N5O8P. The molecule has 0 amide bonds. The molecule has 0 spiro atoms. The van der Waals surface area contributed by atoms with E-state index in [2.05, 4.69) is 24.3 Å². The van der Waals surface area contributed by atoms with Gasteiger partial charge in [0.15, 0.2) is 6.29 Å². The number of aromatic nitrogens is 2. The molecule has 1 fully saturated rings. The normalized spacial score (nSPS) is 24.0. The molecule has 13 nitrogen and oxygen atoms in total. The molecule has 4 atom stereocenters. The molecule has 1 aromatic rings. The molecule has 1 N–H and O–H groups in total. The lowest BCUT2D eigenvalue weighted by Gasteiger charge is -2.21. The van der Waals surface area contributed by atoms with Crippen LogP contribution < -0.4 is 11.2 Å². The molecule has 1 aliphatic heterocycles. The second-order valence-electron chi connectivity index (χ2n) is 5.43. The first-order chi connectivity index (χ1) is 12.8. The van der Waals surface area contributed by atoms with Gasteiger partial charge in [0.25, 0.3) is 5.56 Å². The van der Waals surface area contributed by atoms with Crippen molar-refractivity contribution in [2.45, 2.75) is 38.8 Å². The predicted molar refractivity (Wildman–Crippen MR) is 90.2 cm³/mol. The minimum Gasteiger partial charge on any atom is -0.457 e. The highest BCUT2D eigenvalue weighted by molar-refractivity contribution is 7.71. The fourth-order valence-electron chi connectivity index (χ4n) is 2.36. The molecule has 1 saturated heterocycles. The number of azide groups is 1. The quantitative estimate of drug-likeness (QED) is 0.310. The van der Waals surface area contributed by atoms with Crippen molar-refractivity contribution in [3.63, 3.8) is 0 Å². The Bertz CT molecular complexity index is 920. The lowest BCUT2D eigenvalue weighted by molar-refractivity contribution is -0.106. The number of carbonyl (C=O) groups excluding carboxylic acids is 1. The molecule has 27 heavy (non-hydrogen) atoms. The van der Waals surface area contributed by atoms with Crippen LogP contribution in [0.3, 0.4) is 0 Å². The number of rotatable bonds is 7. The van der Waals surface area contributed by atoms with Crippen molar-refractivity contribution in [2.75, 3.05) is 13.7 Å². The molecule has 14 heteroatoms. The van der Waals surface area contributed by atoms with Gasteiger partial charge >= 0.3 is 19.0 Å². The van der Waals surface area contributed by atoms with E-state index in [1.54, 1.807) is 0 Å². The van der Waals surface area contributed by atoms with Gasteiger partial charge in [-0.15, -0.1) is 0 Å². The Kier molecular flexibility index (Phi) is 6.58. The number of carbonyl (C=O) groups is 1. The van der Waals surface area contributed by atoms with Crippen molar-refractivity contribution in [3.8, 4) is 0 Å². The molecular weight excluding hydrogens is 385 g/mol. The van der Waals surface area contributed by atoms with E-state index >= 15 is 0 Å². The number of hydrogen-bond donors (Lipinski definition) is 1. The second kappa shape index (κ2) is 8.51. The summed E-state index contributed by atoms with van der Waals surface area (Å²) in [6, 6.07) is -1.02. The highest BCUT2D eigenvalue weighted by atomic mass is 31.2. The number of hydrogen-bond acceptors (Lipinski definition) is 9. The fourth-order valence-corrected chi connectivity index (χ4v) is 3.43. The van der Waals surface area contributed by atoms with Gasteiger partial charge in [-0.05, 0) is 19.4 Å². The van der Waals surface area contributed by atoms with Crippen molar-refractivity contribution >= 4 is 13.3 Å². The van der Waals surface area contributed by atoms with Gasteiger partial charge in [-0.1, -0.05) is 5.11 Å². The highest BCUT2D eigenvalue weighted by Gasteiger charge is 2.46. The fraction of sp³-hybridized carbons (Fsp3) is 0.615. The Morgan fingerprint density at radius 3 is 2.85 bits per heavy atom. The molecule has 0 aliphatic carbocycles. The van der Waals surface area contributed by atoms with E-state index in [0.717, 1.165) is 11.7 Å². The van der Waals surface area contributed by atoms with Gasteiger partial charge in [0.1, 0.15) is 6.23 Å². The zero-order valence-corrected chi connectivity index (χ0v) is 15.6.